The highest BCUT2D eigenvalue weighted by Gasteiger charge is 2.42. The van der Waals surface area contributed by atoms with Crippen LogP contribution in [0.3, 0.4) is 0 Å². The molecule has 1 atom stereocenters. The smallest absolute Gasteiger partial charge is 0.0847 e. The Labute approximate surface area is 133 Å². The van der Waals surface area contributed by atoms with E-state index in [2.05, 4.69) is 24.3 Å². The molecule has 1 saturated carbocycles. The van der Waals surface area contributed by atoms with Crippen LogP contribution >= 0.6 is 11.6 Å². The van der Waals surface area contributed by atoms with Gasteiger partial charge in [0.05, 0.1) is 22.0 Å². The first kappa shape index (κ1) is 16.8. The summed E-state index contributed by atoms with van der Waals surface area (Å²) in [7, 11) is 2.02. The zero-order valence-electron chi connectivity index (χ0n) is 13.7. The molecule has 0 bridgehead atoms. The normalized spacial score (nSPS) is 19.1. The second-order valence-electron chi connectivity index (χ2n) is 5.91. The summed E-state index contributed by atoms with van der Waals surface area (Å²) >= 11 is 6.47. The molecule has 5 heteroatoms. The number of hydrogen-bond donors (Lipinski definition) is 1. The van der Waals surface area contributed by atoms with E-state index in [0.29, 0.717) is 0 Å². The van der Waals surface area contributed by atoms with Gasteiger partial charge in [0.1, 0.15) is 0 Å². The molecular formula is C16H28ClN3O. The molecule has 0 spiro atoms. The van der Waals surface area contributed by atoms with Crippen molar-refractivity contribution in [2.24, 2.45) is 0 Å². The zero-order chi connectivity index (χ0) is 15.5. The molecule has 0 saturated heterocycles. The Morgan fingerprint density at radius 2 is 2.05 bits per heavy atom. The third-order valence-electron chi connectivity index (χ3n) is 4.72. The number of aromatic nitrogens is 2. The van der Waals surface area contributed by atoms with Crippen LogP contribution in [0.15, 0.2) is 0 Å². The van der Waals surface area contributed by atoms with Gasteiger partial charge in [-0.3, -0.25) is 4.68 Å². The summed E-state index contributed by atoms with van der Waals surface area (Å²) in [6, 6.07) is 0.277. The van der Waals surface area contributed by atoms with Crippen LogP contribution in [0.5, 0.6) is 0 Å². The minimum absolute atomic E-state index is 0.0520. The highest BCUT2D eigenvalue weighted by atomic mass is 35.5. The predicted molar refractivity (Wildman–Crippen MR) is 87.0 cm³/mol. The van der Waals surface area contributed by atoms with Crippen LogP contribution in [0, 0.1) is 6.92 Å². The summed E-state index contributed by atoms with van der Waals surface area (Å²) in [4.78, 5) is 0. The number of hydrogen-bond acceptors (Lipinski definition) is 3. The van der Waals surface area contributed by atoms with Crippen molar-refractivity contribution >= 4 is 11.6 Å². The average Bonchev–Trinajstić information content (AvgIpc) is 3.04. The van der Waals surface area contributed by atoms with Crippen LogP contribution in [0.1, 0.15) is 50.9 Å². The standard InChI is InChI=1S/C16H28ClN3O/c1-5-20-13(15(17)12(3)19-20)11-14(18-4)16(21-6-2)9-7-8-10-16/h14,18H,5-11H2,1-4H3. The van der Waals surface area contributed by atoms with Gasteiger partial charge in [-0.15, -0.1) is 0 Å². The number of aryl methyl sites for hydroxylation is 2. The predicted octanol–water partition coefficient (Wildman–Crippen LogP) is 3.34. The molecule has 21 heavy (non-hydrogen) atoms. The number of likely N-dealkylation sites (N-methyl/N-ethyl adjacent to an activating group) is 1. The fourth-order valence-electron chi connectivity index (χ4n) is 3.66. The van der Waals surface area contributed by atoms with E-state index in [9.17, 15) is 0 Å². The number of nitrogens with zero attached hydrogens (tertiary/aromatic N) is 2. The number of nitrogens with one attached hydrogen (secondary N) is 1. The van der Waals surface area contributed by atoms with E-state index in [1.807, 2.05) is 18.7 Å². The summed E-state index contributed by atoms with van der Waals surface area (Å²) < 4.78 is 8.23. The lowest BCUT2D eigenvalue weighted by molar-refractivity contribution is -0.0600. The van der Waals surface area contributed by atoms with Crippen LogP contribution in [-0.2, 0) is 17.7 Å². The molecule has 1 aliphatic carbocycles. The summed E-state index contributed by atoms with van der Waals surface area (Å²) in [5.74, 6) is 0. The highest BCUT2D eigenvalue weighted by Crippen LogP contribution is 2.38. The van der Waals surface area contributed by atoms with Crippen LogP contribution in [-0.4, -0.2) is 35.1 Å². The molecular weight excluding hydrogens is 286 g/mol. The van der Waals surface area contributed by atoms with Crippen molar-refractivity contribution in [2.45, 2.75) is 71.1 Å². The first-order valence-corrected chi connectivity index (χ1v) is 8.48. The molecule has 1 aromatic heterocycles. The van der Waals surface area contributed by atoms with Gasteiger partial charge in [-0.05, 0) is 40.7 Å². The molecule has 1 heterocycles. The van der Waals surface area contributed by atoms with E-state index < -0.39 is 0 Å². The SMILES string of the molecule is CCOC1(C(Cc2c(Cl)c(C)nn2CC)NC)CCCC1. The van der Waals surface area contributed by atoms with Crippen LogP contribution in [0.2, 0.25) is 5.02 Å². The fraction of sp³-hybridized carbons (Fsp3) is 0.812. The fourth-order valence-corrected chi connectivity index (χ4v) is 3.88. The molecule has 1 N–H and O–H groups in total. The second-order valence-corrected chi connectivity index (χ2v) is 6.29. The third kappa shape index (κ3) is 3.27. The molecule has 1 aromatic rings. The second kappa shape index (κ2) is 7.12. The molecule has 1 fully saturated rings. The first-order valence-electron chi connectivity index (χ1n) is 8.11. The van der Waals surface area contributed by atoms with Crippen molar-refractivity contribution in [3.05, 3.63) is 16.4 Å². The van der Waals surface area contributed by atoms with Crippen LogP contribution in [0.4, 0.5) is 0 Å². The largest absolute Gasteiger partial charge is 0.374 e. The Kier molecular flexibility index (Phi) is 5.69. The maximum atomic E-state index is 6.47. The minimum Gasteiger partial charge on any atom is -0.374 e. The Morgan fingerprint density at radius 3 is 2.57 bits per heavy atom. The third-order valence-corrected chi connectivity index (χ3v) is 5.21. The summed E-state index contributed by atoms with van der Waals surface area (Å²) in [5.41, 5.74) is 1.99. The van der Waals surface area contributed by atoms with Crippen molar-refractivity contribution in [1.29, 1.82) is 0 Å². The van der Waals surface area contributed by atoms with Gasteiger partial charge in [0.15, 0.2) is 0 Å². The van der Waals surface area contributed by atoms with Crippen molar-refractivity contribution in [1.82, 2.24) is 15.1 Å². The number of rotatable bonds is 7. The monoisotopic (exact) mass is 313 g/mol. The lowest BCUT2D eigenvalue weighted by atomic mass is 9.88. The minimum atomic E-state index is -0.0520. The van der Waals surface area contributed by atoms with Gasteiger partial charge >= 0.3 is 0 Å². The van der Waals surface area contributed by atoms with Gasteiger partial charge in [-0.1, -0.05) is 24.4 Å². The van der Waals surface area contributed by atoms with Gasteiger partial charge in [-0.2, -0.15) is 5.10 Å². The molecule has 120 valence electrons. The topological polar surface area (TPSA) is 39.1 Å². The summed E-state index contributed by atoms with van der Waals surface area (Å²) in [6.07, 6.45) is 5.62. The van der Waals surface area contributed by atoms with Crippen molar-refractivity contribution < 1.29 is 4.74 Å². The molecule has 4 nitrogen and oxygen atoms in total. The zero-order valence-corrected chi connectivity index (χ0v) is 14.5. The Balaban J connectivity index is 2.26. The van der Waals surface area contributed by atoms with Gasteiger partial charge < -0.3 is 10.1 Å². The molecule has 0 amide bonds. The average molecular weight is 314 g/mol. The molecule has 2 rings (SSSR count). The van der Waals surface area contributed by atoms with Gasteiger partial charge in [0, 0.05) is 25.6 Å². The van der Waals surface area contributed by atoms with Crippen LogP contribution in [0.25, 0.3) is 0 Å². The van der Waals surface area contributed by atoms with Gasteiger partial charge in [0.2, 0.25) is 0 Å². The van der Waals surface area contributed by atoms with Gasteiger partial charge in [-0.25, -0.2) is 0 Å². The van der Waals surface area contributed by atoms with Crippen molar-refractivity contribution in [3.63, 3.8) is 0 Å². The summed E-state index contributed by atoms with van der Waals surface area (Å²) in [5, 5.41) is 8.82. The molecule has 0 radical (unpaired) electrons. The number of halogens is 1. The maximum absolute atomic E-state index is 6.47. The van der Waals surface area contributed by atoms with E-state index in [4.69, 9.17) is 16.3 Å². The lowest BCUT2D eigenvalue weighted by Crippen LogP contribution is -2.51. The molecule has 0 aliphatic heterocycles. The van der Waals surface area contributed by atoms with E-state index in [1.165, 1.54) is 12.8 Å². The van der Waals surface area contributed by atoms with E-state index in [0.717, 1.165) is 48.8 Å². The van der Waals surface area contributed by atoms with Crippen molar-refractivity contribution in [2.75, 3.05) is 13.7 Å². The summed E-state index contributed by atoms with van der Waals surface area (Å²) in [6.45, 7) is 7.77. The Hall–Kier alpha value is -0.580. The first-order chi connectivity index (χ1) is 10.1. The van der Waals surface area contributed by atoms with E-state index >= 15 is 0 Å². The lowest BCUT2D eigenvalue weighted by Gasteiger charge is -2.37. The quantitative estimate of drug-likeness (QED) is 0.839. The molecule has 0 aromatic carbocycles. The van der Waals surface area contributed by atoms with Crippen LogP contribution < -0.4 is 5.32 Å². The molecule has 1 aliphatic rings. The highest BCUT2D eigenvalue weighted by molar-refractivity contribution is 6.31. The van der Waals surface area contributed by atoms with Crippen molar-refractivity contribution in [3.8, 4) is 0 Å². The van der Waals surface area contributed by atoms with Gasteiger partial charge in [0.25, 0.3) is 0 Å². The van der Waals surface area contributed by atoms with E-state index in [1.54, 1.807) is 0 Å². The Bertz CT molecular complexity index is 466. The number of ether oxygens (including phenoxy) is 1. The maximum Gasteiger partial charge on any atom is 0.0847 e. The molecule has 1 unspecified atom stereocenters. The Morgan fingerprint density at radius 1 is 1.38 bits per heavy atom. The van der Waals surface area contributed by atoms with E-state index in [-0.39, 0.29) is 11.6 Å².